The molecule has 0 spiro atoms. The lowest BCUT2D eigenvalue weighted by Crippen LogP contribution is -2.31. The second-order valence-electron chi connectivity index (χ2n) is 8.48. The minimum absolute atomic E-state index is 0.0587. The summed E-state index contributed by atoms with van der Waals surface area (Å²) < 4.78 is 26.9. The van der Waals surface area contributed by atoms with Crippen LogP contribution in [0.5, 0.6) is 0 Å². The van der Waals surface area contributed by atoms with Crippen molar-refractivity contribution >= 4 is 17.4 Å². The maximum atomic E-state index is 13.1. The van der Waals surface area contributed by atoms with Gasteiger partial charge < -0.3 is 10.2 Å². The molecule has 2 aromatic rings. The van der Waals surface area contributed by atoms with Crippen molar-refractivity contribution in [2.75, 3.05) is 16.8 Å². The Morgan fingerprint density at radius 1 is 1.36 bits per heavy atom. The van der Waals surface area contributed by atoms with Gasteiger partial charge in [0.25, 0.3) is 0 Å². The number of hydrogen-bond acceptors (Lipinski definition) is 4. The van der Waals surface area contributed by atoms with Crippen LogP contribution in [-0.4, -0.2) is 27.2 Å². The number of hydrogen-bond donors (Lipinski definition) is 1. The van der Waals surface area contributed by atoms with Crippen LogP contribution < -0.4 is 10.2 Å². The van der Waals surface area contributed by atoms with E-state index in [4.69, 9.17) is 0 Å². The standard InChI is InChI=1S/C20H27F2N5O/c1-13-10-16-15(24-18(13)25-17(28)11-20(2,3)4)6-5-9-26(16)12-14-7-8-23-27(14)19(21)22/h7-8,10,19H,5-6,9,11-12H2,1-4H3,(H,24,25,28). The van der Waals surface area contributed by atoms with Gasteiger partial charge in [-0.3, -0.25) is 4.79 Å². The second kappa shape index (κ2) is 7.85. The highest BCUT2D eigenvalue weighted by Gasteiger charge is 2.23. The van der Waals surface area contributed by atoms with E-state index in [0.29, 0.717) is 24.5 Å². The summed E-state index contributed by atoms with van der Waals surface area (Å²) >= 11 is 0. The first-order valence-electron chi connectivity index (χ1n) is 9.50. The first-order valence-corrected chi connectivity index (χ1v) is 9.50. The summed E-state index contributed by atoms with van der Waals surface area (Å²) in [6, 6.07) is 3.60. The molecule has 152 valence electrons. The molecule has 3 heterocycles. The Morgan fingerprint density at radius 2 is 2.11 bits per heavy atom. The fourth-order valence-electron chi connectivity index (χ4n) is 3.44. The van der Waals surface area contributed by atoms with Gasteiger partial charge in [0.15, 0.2) is 0 Å². The quantitative estimate of drug-likeness (QED) is 0.825. The first-order chi connectivity index (χ1) is 13.1. The van der Waals surface area contributed by atoms with Gasteiger partial charge in [-0.05, 0) is 42.9 Å². The van der Waals surface area contributed by atoms with Gasteiger partial charge in [0, 0.05) is 19.2 Å². The Morgan fingerprint density at radius 3 is 2.79 bits per heavy atom. The van der Waals surface area contributed by atoms with Gasteiger partial charge in [-0.25, -0.2) is 9.67 Å². The second-order valence-corrected chi connectivity index (χ2v) is 8.48. The van der Waals surface area contributed by atoms with E-state index in [0.717, 1.165) is 41.0 Å². The Balaban J connectivity index is 1.81. The highest BCUT2D eigenvalue weighted by Crippen LogP contribution is 2.31. The molecule has 0 unspecified atom stereocenters. The van der Waals surface area contributed by atoms with Crippen LogP contribution >= 0.6 is 0 Å². The lowest BCUT2D eigenvalue weighted by atomic mass is 9.92. The molecule has 1 N–H and O–H groups in total. The summed E-state index contributed by atoms with van der Waals surface area (Å²) in [4.78, 5) is 19.0. The zero-order valence-electron chi connectivity index (χ0n) is 16.8. The lowest BCUT2D eigenvalue weighted by Gasteiger charge is -2.31. The number of fused-ring (bicyclic) bond motifs is 1. The van der Waals surface area contributed by atoms with Crippen molar-refractivity contribution in [1.82, 2.24) is 14.8 Å². The van der Waals surface area contributed by atoms with Crippen molar-refractivity contribution in [3.63, 3.8) is 0 Å². The van der Waals surface area contributed by atoms with Crippen molar-refractivity contribution < 1.29 is 13.6 Å². The number of rotatable bonds is 5. The smallest absolute Gasteiger partial charge is 0.333 e. The Kier molecular flexibility index (Phi) is 5.67. The lowest BCUT2D eigenvalue weighted by molar-refractivity contribution is -0.117. The molecule has 6 nitrogen and oxygen atoms in total. The van der Waals surface area contributed by atoms with E-state index in [2.05, 4.69) is 20.3 Å². The van der Waals surface area contributed by atoms with E-state index in [9.17, 15) is 13.6 Å². The largest absolute Gasteiger partial charge is 0.364 e. The molecule has 0 atom stereocenters. The van der Waals surface area contributed by atoms with Crippen molar-refractivity contribution in [1.29, 1.82) is 0 Å². The molecule has 0 fully saturated rings. The van der Waals surface area contributed by atoms with Gasteiger partial charge in [-0.1, -0.05) is 20.8 Å². The topological polar surface area (TPSA) is 63.1 Å². The third-order valence-electron chi connectivity index (χ3n) is 4.69. The van der Waals surface area contributed by atoms with Crippen LogP contribution in [0.1, 0.15) is 57.1 Å². The fourth-order valence-corrected chi connectivity index (χ4v) is 3.44. The number of anilines is 2. The molecule has 0 saturated carbocycles. The molecule has 0 bridgehead atoms. The monoisotopic (exact) mass is 391 g/mol. The van der Waals surface area contributed by atoms with Gasteiger partial charge >= 0.3 is 6.55 Å². The van der Waals surface area contributed by atoms with Crippen LogP contribution in [0.4, 0.5) is 20.3 Å². The van der Waals surface area contributed by atoms with E-state index in [1.165, 1.54) is 6.20 Å². The molecule has 1 amide bonds. The maximum absolute atomic E-state index is 13.1. The van der Waals surface area contributed by atoms with E-state index in [1.54, 1.807) is 6.07 Å². The SMILES string of the molecule is Cc1cc2c(nc1NC(=O)CC(C)(C)C)CCCN2Cc1ccnn1C(F)F. The number of nitrogens with one attached hydrogen (secondary N) is 1. The molecule has 0 saturated heterocycles. The average molecular weight is 391 g/mol. The van der Waals surface area contributed by atoms with Crippen molar-refractivity contribution in [2.24, 2.45) is 5.41 Å². The molecular weight excluding hydrogens is 364 g/mol. The minimum atomic E-state index is -2.66. The zero-order chi connectivity index (χ0) is 20.5. The molecule has 0 aliphatic carbocycles. The molecule has 28 heavy (non-hydrogen) atoms. The Bertz CT molecular complexity index is 857. The number of aromatic nitrogens is 3. The molecular formula is C20H27F2N5O. The first kappa shape index (κ1) is 20.2. The molecule has 3 rings (SSSR count). The number of carbonyl (C=O) groups excluding carboxylic acids is 1. The normalized spacial score (nSPS) is 14.3. The minimum Gasteiger partial charge on any atom is -0.364 e. The molecule has 8 heteroatoms. The zero-order valence-corrected chi connectivity index (χ0v) is 16.8. The fraction of sp³-hybridized carbons (Fsp3) is 0.550. The number of pyridine rings is 1. The van der Waals surface area contributed by atoms with Gasteiger partial charge in [0.2, 0.25) is 5.91 Å². The van der Waals surface area contributed by atoms with Gasteiger partial charge in [0.05, 0.1) is 23.6 Å². The molecule has 0 aromatic carbocycles. The van der Waals surface area contributed by atoms with Crippen molar-refractivity contribution in [3.8, 4) is 0 Å². The number of carbonyl (C=O) groups is 1. The van der Waals surface area contributed by atoms with Crippen LogP contribution in [0.3, 0.4) is 0 Å². The van der Waals surface area contributed by atoms with Crippen LogP contribution in [0.15, 0.2) is 18.3 Å². The predicted molar refractivity (Wildman–Crippen MR) is 105 cm³/mol. The molecule has 2 aromatic heterocycles. The van der Waals surface area contributed by atoms with Crippen LogP contribution in [0, 0.1) is 12.3 Å². The summed E-state index contributed by atoms with van der Waals surface area (Å²) in [5.41, 5.74) is 3.03. The van der Waals surface area contributed by atoms with E-state index in [-0.39, 0.29) is 11.3 Å². The maximum Gasteiger partial charge on any atom is 0.333 e. The van der Waals surface area contributed by atoms with E-state index in [1.807, 2.05) is 33.8 Å². The average Bonchev–Trinajstić information content (AvgIpc) is 3.03. The summed E-state index contributed by atoms with van der Waals surface area (Å²) in [5.74, 6) is 0.518. The predicted octanol–water partition coefficient (Wildman–Crippen LogP) is 4.31. The Hall–Kier alpha value is -2.51. The van der Waals surface area contributed by atoms with Crippen LogP contribution in [-0.2, 0) is 17.8 Å². The van der Waals surface area contributed by atoms with E-state index < -0.39 is 6.55 Å². The number of amides is 1. The van der Waals surface area contributed by atoms with Crippen LogP contribution in [0.2, 0.25) is 0 Å². The summed E-state index contributed by atoms with van der Waals surface area (Å²) in [5, 5.41) is 6.63. The van der Waals surface area contributed by atoms with E-state index >= 15 is 0 Å². The number of alkyl halides is 2. The number of halogens is 2. The third-order valence-corrected chi connectivity index (χ3v) is 4.69. The number of aryl methyl sites for hydroxylation is 2. The highest BCUT2D eigenvalue weighted by molar-refractivity contribution is 5.91. The van der Waals surface area contributed by atoms with Crippen molar-refractivity contribution in [2.45, 2.75) is 60.1 Å². The summed E-state index contributed by atoms with van der Waals surface area (Å²) in [7, 11) is 0. The molecule has 1 aliphatic heterocycles. The number of nitrogens with zero attached hydrogens (tertiary/aromatic N) is 4. The van der Waals surface area contributed by atoms with Gasteiger partial charge in [0.1, 0.15) is 5.82 Å². The highest BCUT2D eigenvalue weighted by atomic mass is 19.3. The molecule has 1 aliphatic rings. The third kappa shape index (κ3) is 4.66. The van der Waals surface area contributed by atoms with Crippen molar-refractivity contribution in [3.05, 3.63) is 35.3 Å². The van der Waals surface area contributed by atoms with Crippen LogP contribution in [0.25, 0.3) is 0 Å². The molecule has 0 radical (unpaired) electrons. The summed E-state index contributed by atoms with van der Waals surface area (Å²) in [6.45, 7) is 6.39. The summed E-state index contributed by atoms with van der Waals surface area (Å²) in [6.07, 6.45) is 3.47. The van der Waals surface area contributed by atoms with Gasteiger partial charge in [-0.15, -0.1) is 0 Å². The Labute approximate surface area is 163 Å². The van der Waals surface area contributed by atoms with Gasteiger partial charge in [-0.2, -0.15) is 13.9 Å².